The lowest BCUT2D eigenvalue weighted by atomic mass is 9.68. The molecule has 2 rings (SSSR count). The Morgan fingerprint density at radius 1 is 1.17 bits per heavy atom. The molecule has 0 aromatic rings. The van der Waals surface area contributed by atoms with Gasteiger partial charge in [-0.3, -0.25) is 0 Å². The zero-order valence-electron chi connectivity index (χ0n) is 15.3. The van der Waals surface area contributed by atoms with Crippen LogP contribution in [0.15, 0.2) is 24.3 Å². The summed E-state index contributed by atoms with van der Waals surface area (Å²) in [4.78, 5) is 0. The summed E-state index contributed by atoms with van der Waals surface area (Å²) in [5.74, 6) is 0.378. The monoisotopic (exact) mass is 322 g/mol. The molecule has 3 nitrogen and oxygen atoms in total. The summed E-state index contributed by atoms with van der Waals surface area (Å²) in [5, 5.41) is 32.2. The van der Waals surface area contributed by atoms with Crippen molar-refractivity contribution in [3.05, 3.63) is 24.3 Å². The number of fused-ring (bicyclic) bond motifs is 1. The maximum atomic E-state index is 11.0. The molecule has 0 aromatic heterocycles. The smallest absolute Gasteiger partial charge is 0.0824 e. The van der Waals surface area contributed by atoms with Gasteiger partial charge in [-0.05, 0) is 63.2 Å². The fourth-order valence-electron chi connectivity index (χ4n) is 4.58. The van der Waals surface area contributed by atoms with E-state index >= 15 is 0 Å². The highest BCUT2D eigenvalue weighted by Crippen LogP contribution is 2.54. The van der Waals surface area contributed by atoms with E-state index in [1.54, 1.807) is 6.92 Å². The van der Waals surface area contributed by atoms with Crippen LogP contribution < -0.4 is 0 Å². The van der Waals surface area contributed by atoms with Crippen LogP contribution in [0.25, 0.3) is 0 Å². The standard InChI is InChI=1S/C20H34O3/c1-14-7-6-10-20(5,23)13-16(21)17-15(18(2,3)22)9-12-19(17,4)11-8-14/h6,8,10-11,14-17,21-23H,7,9,12-13H2,1-5H3/b10-6+,11-8+/t14-,15-,16+,17-,19+,20-/m1/s1. The summed E-state index contributed by atoms with van der Waals surface area (Å²) in [6.07, 6.45) is 10.7. The zero-order valence-corrected chi connectivity index (χ0v) is 15.3. The van der Waals surface area contributed by atoms with Crippen LogP contribution in [0.1, 0.15) is 60.3 Å². The average molecular weight is 322 g/mol. The molecular formula is C20H34O3. The van der Waals surface area contributed by atoms with Gasteiger partial charge in [0.15, 0.2) is 0 Å². The van der Waals surface area contributed by atoms with Gasteiger partial charge in [-0.1, -0.05) is 38.2 Å². The van der Waals surface area contributed by atoms with E-state index in [0.29, 0.717) is 12.3 Å². The molecule has 3 heteroatoms. The highest BCUT2D eigenvalue weighted by atomic mass is 16.3. The van der Waals surface area contributed by atoms with E-state index in [4.69, 9.17) is 0 Å². The summed E-state index contributed by atoms with van der Waals surface area (Å²) in [6.45, 7) is 9.80. The largest absolute Gasteiger partial charge is 0.393 e. The van der Waals surface area contributed by atoms with E-state index in [0.717, 1.165) is 19.3 Å². The molecule has 1 saturated carbocycles. The number of rotatable bonds is 1. The fraction of sp³-hybridized carbons (Fsp3) is 0.800. The number of hydrogen-bond donors (Lipinski definition) is 3. The second kappa shape index (κ2) is 6.34. The van der Waals surface area contributed by atoms with Crippen molar-refractivity contribution < 1.29 is 15.3 Å². The van der Waals surface area contributed by atoms with Gasteiger partial charge < -0.3 is 15.3 Å². The van der Waals surface area contributed by atoms with Crippen LogP contribution in [0.2, 0.25) is 0 Å². The van der Waals surface area contributed by atoms with Gasteiger partial charge in [0, 0.05) is 6.42 Å². The minimum atomic E-state index is -1.02. The fourth-order valence-corrected chi connectivity index (χ4v) is 4.58. The molecule has 0 spiro atoms. The lowest BCUT2D eigenvalue weighted by Gasteiger charge is -2.41. The maximum Gasteiger partial charge on any atom is 0.0824 e. The first kappa shape index (κ1) is 18.7. The number of aliphatic hydroxyl groups excluding tert-OH is 1. The minimum Gasteiger partial charge on any atom is -0.393 e. The second-order valence-electron chi connectivity index (χ2n) is 8.93. The maximum absolute atomic E-state index is 11.0. The van der Waals surface area contributed by atoms with Gasteiger partial charge in [0.25, 0.3) is 0 Å². The quantitative estimate of drug-likeness (QED) is 0.648. The summed E-state index contributed by atoms with van der Waals surface area (Å²) in [7, 11) is 0. The lowest BCUT2D eigenvalue weighted by Crippen LogP contribution is -2.45. The highest BCUT2D eigenvalue weighted by molar-refractivity contribution is 5.14. The summed E-state index contributed by atoms with van der Waals surface area (Å²) in [6, 6.07) is 0. The third-order valence-electron chi connectivity index (χ3n) is 5.92. The average Bonchev–Trinajstić information content (AvgIpc) is 2.73. The van der Waals surface area contributed by atoms with Crippen molar-refractivity contribution in [3.63, 3.8) is 0 Å². The molecule has 0 aromatic carbocycles. The molecular weight excluding hydrogens is 288 g/mol. The molecule has 132 valence electrons. The number of allylic oxidation sites excluding steroid dienone is 3. The van der Waals surface area contributed by atoms with E-state index in [1.165, 1.54) is 0 Å². The molecule has 2 aliphatic carbocycles. The predicted molar refractivity (Wildman–Crippen MR) is 93.9 cm³/mol. The Balaban J connectivity index is 2.43. The van der Waals surface area contributed by atoms with Crippen molar-refractivity contribution in [3.8, 4) is 0 Å². The van der Waals surface area contributed by atoms with Crippen LogP contribution in [-0.4, -0.2) is 32.6 Å². The number of aliphatic hydroxyl groups is 3. The van der Waals surface area contributed by atoms with Crippen molar-refractivity contribution in [1.29, 1.82) is 0 Å². The highest BCUT2D eigenvalue weighted by Gasteiger charge is 2.52. The van der Waals surface area contributed by atoms with Gasteiger partial charge in [0.1, 0.15) is 0 Å². The molecule has 0 heterocycles. The topological polar surface area (TPSA) is 60.7 Å². The van der Waals surface area contributed by atoms with Gasteiger partial charge in [-0.25, -0.2) is 0 Å². The van der Waals surface area contributed by atoms with E-state index in [1.807, 2.05) is 26.0 Å². The van der Waals surface area contributed by atoms with Gasteiger partial charge in [0.05, 0.1) is 17.3 Å². The zero-order chi connectivity index (χ0) is 17.5. The third kappa shape index (κ3) is 4.26. The third-order valence-corrected chi connectivity index (χ3v) is 5.92. The first-order valence-corrected chi connectivity index (χ1v) is 8.94. The van der Waals surface area contributed by atoms with Crippen LogP contribution in [0.5, 0.6) is 0 Å². The molecule has 6 atom stereocenters. The Kier molecular flexibility index (Phi) is 5.16. The van der Waals surface area contributed by atoms with Crippen molar-refractivity contribution in [2.75, 3.05) is 0 Å². The van der Waals surface area contributed by atoms with Crippen molar-refractivity contribution in [2.45, 2.75) is 77.6 Å². The van der Waals surface area contributed by atoms with E-state index in [-0.39, 0.29) is 17.3 Å². The molecule has 0 unspecified atom stereocenters. The van der Waals surface area contributed by atoms with Crippen LogP contribution in [-0.2, 0) is 0 Å². The normalized spacial score (nSPS) is 48.3. The molecule has 1 fully saturated rings. The van der Waals surface area contributed by atoms with Gasteiger partial charge in [-0.2, -0.15) is 0 Å². The van der Waals surface area contributed by atoms with E-state index < -0.39 is 17.3 Å². The van der Waals surface area contributed by atoms with Crippen LogP contribution >= 0.6 is 0 Å². The SMILES string of the molecule is C[C@H]1/C=C/[C@@]2(C)CC[C@@H](C(C)(C)O)[C@@H]2[C@@H](O)C[C@](C)(O)/C=C/C1. The van der Waals surface area contributed by atoms with Crippen molar-refractivity contribution in [2.24, 2.45) is 23.2 Å². The summed E-state index contributed by atoms with van der Waals surface area (Å²) in [5.41, 5.74) is -1.99. The summed E-state index contributed by atoms with van der Waals surface area (Å²) >= 11 is 0. The Morgan fingerprint density at radius 3 is 2.43 bits per heavy atom. The van der Waals surface area contributed by atoms with Crippen molar-refractivity contribution in [1.82, 2.24) is 0 Å². The van der Waals surface area contributed by atoms with E-state index in [9.17, 15) is 15.3 Å². The van der Waals surface area contributed by atoms with Crippen LogP contribution in [0, 0.1) is 23.2 Å². The Labute approximate surface area is 141 Å². The first-order chi connectivity index (χ1) is 10.4. The van der Waals surface area contributed by atoms with Crippen LogP contribution in [0.3, 0.4) is 0 Å². The Bertz CT molecular complexity index is 472. The lowest BCUT2D eigenvalue weighted by molar-refractivity contribution is -0.0700. The Morgan fingerprint density at radius 2 is 1.83 bits per heavy atom. The Hall–Kier alpha value is -0.640. The van der Waals surface area contributed by atoms with Gasteiger partial charge in [0.2, 0.25) is 0 Å². The first-order valence-electron chi connectivity index (χ1n) is 8.94. The molecule has 0 aliphatic heterocycles. The van der Waals surface area contributed by atoms with Gasteiger partial charge in [-0.15, -0.1) is 0 Å². The predicted octanol–water partition coefficient (Wildman–Crippen LogP) is 3.44. The van der Waals surface area contributed by atoms with E-state index in [2.05, 4.69) is 26.0 Å². The molecule has 2 aliphatic rings. The van der Waals surface area contributed by atoms with Crippen LogP contribution in [0.4, 0.5) is 0 Å². The second-order valence-corrected chi connectivity index (χ2v) is 8.93. The molecule has 0 amide bonds. The minimum absolute atomic E-state index is 0.0305. The molecule has 0 radical (unpaired) electrons. The van der Waals surface area contributed by atoms with Crippen molar-refractivity contribution >= 4 is 0 Å². The molecule has 0 bridgehead atoms. The van der Waals surface area contributed by atoms with Gasteiger partial charge >= 0.3 is 0 Å². The molecule has 0 saturated heterocycles. The molecule has 23 heavy (non-hydrogen) atoms. The summed E-state index contributed by atoms with van der Waals surface area (Å²) < 4.78 is 0. The molecule has 3 N–H and O–H groups in total. The number of hydrogen-bond acceptors (Lipinski definition) is 3.